The molecule has 1 heterocycles. The first-order valence-electron chi connectivity index (χ1n) is 8.87. The zero-order chi connectivity index (χ0) is 22.1. The highest BCUT2D eigenvalue weighted by Crippen LogP contribution is 2.26. The van der Waals surface area contributed by atoms with Crippen LogP contribution in [-0.2, 0) is 10.0 Å². The minimum atomic E-state index is -3.55. The Morgan fingerprint density at radius 2 is 1.77 bits per heavy atom. The molecular formula is C21H19Cl2N3O3S. The van der Waals surface area contributed by atoms with Crippen LogP contribution in [0.3, 0.4) is 0 Å². The Balaban J connectivity index is 1.85. The van der Waals surface area contributed by atoms with Crippen LogP contribution in [0.2, 0.25) is 10.2 Å². The van der Waals surface area contributed by atoms with Gasteiger partial charge >= 0.3 is 0 Å². The van der Waals surface area contributed by atoms with Gasteiger partial charge in [0, 0.05) is 30.2 Å². The maximum atomic E-state index is 12.5. The highest BCUT2D eigenvalue weighted by atomic mass is 35.5. The van der Waals surface area contributed by atoms with Crippen LogP contribution in [0.25, 0.3) is 11.8 Å². The van der Waals surface area contributed by atoms with Crippen LogP contribution in [0.15, 0.2) is 59.5 Å². The minimum Gasteiger partial charge on any atom is -0.289 e. The Morgan fingerprint density at radius 1 is 1.10 bits per heavy atom. The molecular weight excluding hydrogens is 445 g/mol. The van der Waals surface area contributed by atoms with E-state index in [-0.39, 0.29) is 10.7 Å². The normalized spacial score (nSPS) is 12.1. The molecule has 0 bridgehead atoms. The molecule has 0 radical (unpaired) electrons. The van der Waals surface area contributed by atoms with Crippen LogP contribution in [0, 0.1) is 6.92 Å². The van der Waals surface area contributed by atoms with Crippen LogP contribution in [-0.4, -0.2) is 42.4 Å². The lowest BCUT2D eigenvalue weighted by atomic mass is 10.1. The first-order chi connectivity index (χ1) is 14.1. The van der Waals surface area contributed by atoms with Gasteiger partial charge in [0.2, 0.25) is 10.0 Å². The average molecular weight is 464 g/mol. The van der Waals surface area contributed by atoms with Crippen LogP contribution >= 0.6 is 23.2 Å². The number of hydrogen-bond acceptors (Lipinski definition) is 4. The third kappa shape index (κ3) is 4.49. The molecule has 9 heteroatoms. The molecule has 0 fully saturated rings. The van der Waals surface area contributed by atoms with Crippen molar-refractivity contribution in [2.75, 3.05) is 14.1 Å². The molecule has 0 aliphatic carbocycles. The molecule has 156 valence electrons. The summed E-state index contributed by atoms with van der Waals surface area (Å²) in [7, 11) is -0.644. The zero-order valence-electron chi connectivity index (χ0n) is 16.5. The maximum Gasteiger partial charge on any atom is 0.242 e. The average Bonchev–Trinajstić information content (AvgIpc) is 2.99. The number of nitrogens with zero attached hydrogens (tertiary/aromatic N) is 3. The van der Waals surface area contributed by atoms with Gasteiger partial charge in [-0.1, -0.05) is 29.3 Å². The number of ketones is 1. The van der Waals surface area contributed by atoms with E-state index in [0.29, 0.717) is 32.7 Å². The van der Waals surface area contributed by atoms with E-state index in [0.717, 1.165) is 4.31 Å². The summed E-state index contributed by atoms with van der Waals surface area (Å²) in [5.41, 5.74) is 2.33. The fourth-order valence-corrected chi connectivity index (χ4v) is 4.16. The Bertz CT molecular complexity index is 1230. The van der Waals surface area contributed by atoms with E-state index in [9.17, 15) is 13.2 Å². The Kier molecular flexibility index (Phi) is 6.47. The van der Waals surface area contributed by atoms with Crippen molar-refractivity contribution >= 4 is 45.1 Å². The molecule has 0 amide bonds. The van der Waals surface area contributed by atoms with Gasteiger partial charge in [0.05, 0.1) is 16.3 Å². The first kappa shape index (κ1) is 22.2. The molecule has 0 saturated heterocycles. The lowest BCUT2D eigenvalue weighted by Gasteiger charge is -2.11. The van der Waals surface area contributed by atoms with E-state index in [2.05, 4.69) is 5.10 Å². The third-order valence-corrected chi connectivity index (χ3v) is 6.85. The van der Waals surface area contributed by atoms with E-state index in [4.69, 9.17) is 23.2 Å². The SMILES string of the molecule is Cc1nn(-c2cccc(Cl)c2)c(Cl)c1C=CC(=O)c1ccc(S(=O)(=O)N(C)C)cc1. The summed E-state index contributed by atoms with van der Waals surface area (Å²) in [5.74, 6) is -0.283. The number of carbonyl (C=O) groups excluding carboxylic acids is 1. The van der Waals surface area contributed by atoms with E-state index in [1.54, 1.807) is 35.9 Å². The van der Waals surface area contributed by atoms with Crippen LogP contribution in [0.5, 0.6) is 0 Å². The van der Waals surface area contributed by atoms with Gasteiger partial charge in [0.25, 0.3) is 0 Å². The molecule has 0 spiro atoms. The predicted molar refractivity (Wildman–Crippen MR) is 119 cm³/mol. The molecule has 30 heavy (non-hydrogen) atoms. The summed E-state index contributed by atoms with van der Waals surface area (Å²) >= 11 is 12.5. The highest BCUT2D eigenvalue weighted by Gasteiger charge is 2.17. The molecule has 3 aromatic rings. The summed E-state index contributed by atoms with van der Waals surface area (Å²) < 4.78 is 26.9. The van der Waals surface area contributed by atoms with Crippen molar-refractivity contribution in [2.24, 2.45) is 0 Å². The van der Waals surface area contributed by atoms with E-state index in [1.807, 2.05) is 6.07 Å². The number of carbonyl (C=O) groups is 1. The van der Waals surface area contributed by atoms with Crippen LogP contribution < -0.4 is 0 Å². The van der Waals surface area contributed by atoms with Crippen molar-refractivity contribution in [1.82, 2.24) is 14.1 Å². The van der Waals surface area contributed by atoms with Gasteiger partial charge in [-0.05, 0) is 61.5 Å². The molecule has 2 aromatic carbocycles. The quantitative estimate of drug-likeness (QED) is 0.394. The summed E-state index contributed by atoms with van der Waals surface area (Å²) in [6, 6.07) is 12.9. The summed E-state index contributed by atoms with van der Waals surface area (Å²) in [6.45, 7) is 1.79. The number of hydrogen-bond donors (Lipinski definition) is 0. The molecule has 0 aliphatic rings. The summed E-state index contributed by atoms with van der Waals surface area (Å²) in [5, 5.41) is 5.33. The lowest BCUT2D eigenvalue weighted by Crippen LogP contribution is -2.22. The van der Waals surface area contributed by atoms with Gasteiger partial charge in [0.1, 0.15) is 5.15 Å². The highest BCUT2D eigenvalue weighted by molar-refractivity contribution is 7.89. The number of aromatic nitrogens is 2. The third-order valence-electron chi connectivity index (χ3n) is 4.42. The van der Waals surface area contributed by atoms with Gasteiger partial charge in [-0.3, -0.25) is 4.79 Å². The van der Waals surface area contributed by atoms with Crippen molar-refractivity contribution in [2.45, 2.75) is 11.8 Å². The van der Waals surface area contributed by atoms with Gasteiger partial charge < -0.3 is 0 Å². The summed E-state index contributed by atoms with van der Waals surface area (Å²) in [6.07, 6.45) is 2.98. The number of aryl methyl sites for hydroxylation is 1. The second-order valence-corrected chi connectivity index (χ2v) is 9.64. The second kappa shape index (κ2) is 8.73. The predicted octanol–water partition coefficient (Wildman–Crippen LogP) is 4.63. The molecule has 0 unspecified atom stereocenters. The van der Waals surface area contributed by atoms with Crippen LogP contribution in [0.4, 0.5) is 0 Å². The first-order valence-corrected chi connectivity index (χ1v) is 11.1. The minimum absolute atomic E-state index is 0.120. The molecule has 6 nitrogen and oxygen atoms in total. The monoisotopic (exact) mass is 463 g/mol. The van der Waals surface area contributed by atoms with Crippen LogP contribution in [0.1, 0.15) is 21.6 Å². The van der Waals surface area contributed by atoms with E-state index in [1.165, 1.54) is 44.4 Å². The van der Waals surface area contributed by atoms with Gasteiger partial charge in [-0.15, -0.1) is 0 Å². The number of allylic oxidation sites excluding steroid dienone is 1. The molecule has 0 N–H and O–H groups in total. The maximum absolute atomic E-state index is 12.5. The number of rotatable bonds is 6. The van der Waals surface area contributed by atoms with E-state index < -0.39 is 10.0 Å². The number of halogens is 2. The second-order valence-electron chi connectivity index (χ2n) is 6.69. The van der Waals surface area contributed by atoms with Crippen molar-refractivity contribution in [3.63, 3.8) is 0 Å². The molecule has 1 aromatic heterocycles. The fourth-order valence-electron chi connectivity index (χ4n) is 2.74. The van der Waals surface area contributed by atoms with Gasteiger partial charge in [0.15, 0.2) is 5.78 Å². The van der Waals surface area contributed by atoms with E-state index >= 15 is 0 Å². The lowest BCUT2D eigenvalue weighted by molar-refractivity contribution is 0.104. The Morgan fingerprint density at radius 3 is 2.37 bits per heavy atom. The molecule has 0 atom stereocenters. The fraction of sp³-hybridized carbons (Fsp3) is 0.143. The molecule has 0 saturated carbocycles. The molecule has 0 aliphatic heterocycles. The van der Waals surface area contributed by atoms with Crippen molar-refractivity contribution < 1.29 is 13.2 Å². The number of benzene rings is 2. The zero-order valence-corrected chi connectivity index (χ0v) is 18.8. The smallest absolute Gasteiger partial charge is 0.242 e. The van der Waals surface area contributed by atoms with Crippen molar-refractivity contribution in [3.8, 4) is 5.69 Å². The van der Waals surface area contributed by atoms with Crippen molar-refractivity contribution in [3.05, 3.63) is 81.6 Å². The Hall–Kier alpha value is -2.45. The van der Waals surface area contributed by atoms with Gasteiger partial charge in [-0.25, -0.2) is 17.4 Å². The number of sulfonamides is 1. The summed E-state index contributed by atoms with van der Waals surface area (Å²) in [4.78, 5) is 12.6. The largest absolute Gasteiger partial charge is 0.289 e. The molecule has 3 rings (SSSR count). The topological polar surface area (TPSA) is 72.3 Å². The standard InChI is InChI=1S/C21H19Cl2N3O3S/c1-14-19(21(23)26(24-14)17-6-4-5-16(22)13-17)11-12-20(27)15-7-9-18(10-8-15)30(28,29)25(2)3/h4-13H,1-3H3. The van der Waals surface area contributed by atoms with Crippen molar-refractivity contribution in [1.29, 1.82) is 0 Å². The van der Waals surface area contributed by atoms with Gasteiger partial charge in [-0.2, -0.15) is 5.10 Å². The Labute approximate surface area is 185 Å².